The Morgan fingerprint density at radius 1 is 1.35 bits per heavy atom. The maximum Gasteiger partial charge on any atom is 0.140 e. The second-order valence-electron chi connectivity index (χ2n) is 6.33. The smallest absolute Gasteiger partial charge is 0.140 e. The molecular weight excluding hydrogens is 324 g/mol. The molecule has 0 radical (unpaired) electrons. The normalized spacial score (nSPS) is 13.3. The summed E-state index contributed by atoms with van der Waals surface area (Å²) in [6.07, 6.45) is 3.59. The van der Waals surface area contributed by atoms with Crippen molar-refractivity contribution in [3.63, 3.8) is 0 Å². The van der Waals surface area contributed by atoms with E-state index in [2.05, 4.69) is 64.9 Å². The highest BCUT2D eigenvalue weighted by molar-refractivity contribution is 6.04. The predicted octanol–water partition coefficient (Wildman–Crippen LogP) is 3.51. The van der Waals surface area contributed by atoms with Crippen LogP contribution in [-0.4, -0.2) is 33.7 Å². The van der Waals surface area contributed by atoms with Crippen LogP contribution in [0.25, 0.3) is 11.8 Å². The number of nitrogens with zero attached hydrogens (tertiary/aromatic N) is 3. The first-order valence-electron chi connectivity index (χ1n) is 8.60. The fourth-order valence-electron chi connectivity index (χ4n) is 3.39. The Morgan fingerprint density at radius 2 is 2.12 bits per heavy atom. The Kier molecular flexibility index (Phi) is 4.75. The van der Waals surface area contributed by atoms with Gasteiger partial charge in [0.15, 0.2) is 0 Å². The quantitative estimate of drug-likeness (QED) is 0.719. The molecule has 6 nitrogen and oxygen atoms in total. The number of rotatable bonds is 5. The SMILES string of the molecule is C=C1c2c(C)cccc2C=C(CNc2ncnc(N)c2C(C)=N)N1CC. The number of nitrogens with two attached hydrogens (primary N) is 1. The molecular formula is C20H24N6. The van der Waals surface area contributed by atoms with Gasteiger partial charge in [0.25, 0.3) is 0 Å². The Morgan fingerprint density at radius 3 is 2.81 bits per heavy atom. The van der Waals surface area contributed by atoms with Gasteiger partial charge < -0.3 is 21.4 Å². The van der Waals surface area contributed by atoms with E-state index in [1.165, 1.54) is 23.0 Å². The third-order valence-corrected chi connectivity index (χ3v) is 4.59. The summed E-state index contributed by atoms with van der Waals surface area (Å²) in [7, 11) is 0. The summed E-state index contributed by atoms with van der Waals surface area (Å²) in [6, 6.07) is 6.28. The summed E-state index contributed by atoms with van der Waals surface area (Å²) >= 11 is 0. The van der Waals surface area contributed by atoms with Crippen LogP contribution in [0.15, 0.2) is 36.8 Å². The van der Waals surface area contributed by atoms with Crippen molar-refractivity contribution in [2.24, 2.45) is 0 Å². The Hall–Kier alpha value is -3.15. The molecule has 6 heteroatoms. The molecule has 0 bridgehead atoms. The van der Waals surface area contributed by atoms with E-state index in [-0.39, 0.29) is 0 Å². The molecule has 134 valence electrons. The lowest BCUT2D eigenvalue weighted by molar-refractivity contribution is 0.511. The van der Waals surface area contributed by atoms with Crippen LogP contribution in [-0.2, 0) is 0 Å². The highest BCUT2D eigenvalue weighted by Gasteiger charge is 2.22. The summed E-state index contributed by atoms with van der Waals surface area (Å²) in [5.41, 5.74) is 12.5. The number of fused-ring (bicyclic) bond motifs is 1. The monoisotopic (exact) mass is 348 g/mol. The molecule has 0 fully saturated rings. The molecule has 0 amide bonds. The molecule has 0 unspecified atom stereocenters. The van der Waals surface area contributed by atoms with E-state index in [1.807, 2.05) is 0 Å². The molecule has 1 aliphatic rings. The molecule has 1 aromatic carbocycles. The van der Waals surface area contributed by atoms with Crippen molar-refractivity contribution in [3.05, 3.63) is 59.1 Å². The molecule has 1 aliphatic heterocycles. The lowest BCUT2D eigenvalue weighted by Gasteiger charge is -2.34. The topological polar surface area (TPSA) is 90.9 Å². The summed E-state index contributed by atoms with van der Waals surface area (Å²) in [6.45, 7) is 11.6. The van der Waals surface area contributed by atoms with Gasteiger partial charge in [0.1, 0.15) is 18.0 Å². The first kappa shape index (κ1) is 17.7. The lowest BCUT2D eigenvalue weighted by Crippen LogP contribution is -2.29. The summed E-state index contributed by atoms with van der Waals surface area (Å²) in [4.78, 5) is 10.4. The molecule has 4 N–H and O–H groups in total. The molecule has 0 saturated heterocycles. The predicted molar refractivity (Wildman–Crippen MR) is 108 cm³/mol. The zero-order valence-electron chi connectivity index (χ0n) is 15.4. The van der Waals surface area contributed by atoms with E-state index < -0.39 is 0 Å². The highest BCUT2D eigenvalue weighted by Crippen LogP contribution is 2.34. The molecule has 0 atom stereocenters. The van der Waals surface area contributed by atoms with Crippen LogP contribution in [0.3, 0.4) is 0 Å². The average molecular weight is 348 g/mol. The van der Waals surface area contributed by atoms with Gasteiger partial charge in [0.05, 0.1) is 12.1 Å². The first-order valence-corrected chi connectivity index (χ1v) is 8.60. The van der Waals surface area contributed by atoms with Crippen LogP contribution in [0.5, 0.6) is 0 Å². The highest BCUT2D eigenvalue weighted by atomic mass is 15.2. The number of aryl methyl sites for hydroxylation is 1. The van der Waals surface area contributed by atoms with Gasteiger partial charge in [-0.05, 0) is 38.0 Å². The van der Waals surface area contributed by atoms with Gasteiger partial charge in [-0.15, -0.1) is 0 Å². The fourth-order valence-corrected chi connectivity index (χ4v) is 3.39. The van der Waals surface area contributed by atoms with Crippen molar-refractivity contribution in [3.8, 4) is 0 Å². The Bertz CT molecular complexity index is 913. The zero-order chi connectivity index (χ0) is 18.8. The van der Waals surface area contributed by atoms with Gasteiger partial charge in [-0.2, -0.15) is 0 Å². The summed E-state index contributed by atoms with van der Waals surface area (Å²) < 4.78 is 0. The van der Waals surface area contributed by atoms with Crippen molar-refractivity contribution >= 4 is 29.1 Å². The minimum absolute atomic E-state index is 0.311. The number of benzene rings is 1. The number of aromatic nitrogens is 2. The van der Waals surface area contributed by atoms with Crippen LogP contribution in [0.2, 0.25) is 0 Å². The second-order valence-corrected chi connectivity index (χ2v) is 6.33. The van der Waals surface area contributed by atoms with E-state index in [0.717, 1.165) is 17.9 Å². The molecule has 0 spiro atoms. The average Bonchev–Trinajstić information content (AvgIpc) is 2.59. The molecule has 2 aromatic rings. The zero-order valence-corrected chi connectivity index (χ0v) is 15.4. The van der Waals surface area contributed by atoms with Crippen molar-refractivity contribution in [2.75, 3.05) is 24.1 Å². The van der Waals surface area contributed by atoms with E-state index in [9.17, 15) is 0 Å². The van der Waals surface area contributed by atoms with E-state index in [4.69, 9.17) is 11.1 Å². The maximum absolute atomic E-state index is 7.93. The van der Waals surface area contributed by atoms with Gasteiger partial charge >= 0.3 is 0 Å². The molecule has 2 heterocycles. The lowest BCUT2D eigenvalue weighted by atomic mass is 9.94. The number of nitrogens with one attached hydrogen (secondary N) is 2. The molecule has 0 saturated carbocycles. The number of hydrogen-bond acceptors (Lipinski definition) is 6. The van der Waals surface area contributed by atoms with Crippen LogP contribution in [0.1, 0.15) is 36.1 Å². The minimum Gasteiger partial charge on any atom is -0.383 e. The van der Waals surface area contributed by atoms with Gasteiger partial charge in [-0.25, -0.2) is 9.97 Å². The Balaban J connectivity index is 1.94. The van der Waals surface area contributed by atoms with E-state index in [0.29, 0.717) is 29.5 Å². The number of nitrogen functional groups attached to an aromatic ring is 1. The van der Waals surface area contributed by atoms with Gasteiger partial charge in [0, 0.05) is 29.2 Å². The number of anilines is 2. The summed E-state index contributed by atoms with van der Waals surface area (Å²) in [5, 5.41) is 11.2. The van der Waals surface area contributed by atoms with Crippen LogP contribution >= 0.6 is 0 Å². The molecule has 1 aromatic heterocycles. The van der Waals surface area contributed by atoms with Crippen LogP contribution < -0.4 is 11.1 Å². The van der Waals surface area contributed by atoms with Crippen LogP contribution in [0.4, 0.5) is 11.6 Å². The fraction of sp³-hybridized carbons (Fsp3) is 0.250. The molecule has 3 rings (SSSR count). The first-order chi connectivity index (χ1) is 12.4. The third-order valence-electron chi connectivity index (χ3n) is 4.59. The van der Waals surface area contributed by atoms with Crippen molar-refractivity contribution in [1.29, 1.82) is 5.41 Å². The largest absolute Gasteiger partial charge is 0.383 e. The molecule has 0 aliphatic carbocycles. The standard InChI is InChI=1S/C20H24N6/c1-5-26-14(4)17-12(2)7-6-8-15(17)9-16(26)10-23-20-18(13(3)21)19(22)24-11-25-20/h6-9,11,21H,4-5,10H2,1-3H3,(H3,22,23,24,25). The van der Waals surface area contributed by atoms with Crippen molar-refractivity contribution in [1.82, 2.24) is 14.9 Å². The minimum atomic E-state index is 0.311. The Labute approximate surface area is 154 Å². The maximum atomic E-state index is 7.93. The van der Waals surface area contributed by atoms with Crippen molar-refractivity contribution in [2.45, 2.75) is 20.8 Å². The summed E-state index contributed by atoms with van der Waals surface area (Å²) in [5.74, 6) is 0.882. The van der Waals surface area contributed by atoms with E-state index >= 15 is 0 Å². The third kappa shape index (κ3) is 3.06. The van der Waals surface area contributed by atoms with Crippen molar-refractivity contribution < 1.29 is 0 Å². The van der Waals surface area contributed by atoms with Gasteiger partial charge in [0.2, 0.25) is 0 Å². The number of likely N-dealkylation sites (N-methyl/N-ethyl adjacent to an activating group) is 1. The van der Waals surface area contributed by atoms with Gasteiger partial charge in [-0.1, -0.05) is 24.8 Å². The second kappa shape index (κ2) is 7.00. The number of hydrogen-bond donors (Lipinski definition) is 3. The van der Waals surface area contributed by atoms with Crippen LogP contribution in [0, 0.1) is 12.3 Å². The van der Waals surface area contributed by atoms with E-state index in [1.54, 1.807) is 6.92 Å². The molecule has 26 heavy (non-hydrogen) atoms. The van der Waals surface area contributed by atoms with Gasteiger partial charge in [-0.3, -0.25) is 0 Å².